The largest absolute Gasteiger partial charge is 0.504 e. The van der Waals surface area contributed by atoms with Gasteiger partial charge in [-0.1, -0.05) is 12.1 Å². The topological polar surface area (TPSA) is 100 Å². The average molecular weight is 274 g/mol. The second-order valence-electron chi connectivity index (χ2n) is 4.21. The molecule has 102 valence electrons. The number of methoxy groups -OCH3 is 1. The number of rotatable bonds is 1. The molecule has 0 aliphatic carbocycles. The van der Waals surface area contributed by atoms with Crippen LogP contribution in [0, 0.1) is 0 Å². The molecule has 3 aromatic rings. The van der Waals surface area contributed by atoms with E-state index < -0.39 is 22.7 Å². The first-order chi connectivity index (χ1) is 9.56. The van der Waals surface area contributed by atoms with Gasteiger partial charge in [-0.25, -0.2) is 0 Å². The molecule has 20 heavy (non-hydrogen) atoms. The smallest absolute Gasteiger partial charge is 0.210 e. The summed E-state index contributed by atoms with van der Waals surface area (Å²) in [7, 11) is 1.21. The lowest BCUT2D eigenvalue weighted by molar-refractivity contribution is 0.330. The number of benzene rings is 2. The van der Waals surface area contributed by atoms with Crippen molar-refractivity contribution in [1.29, 1.82) is 0 Å². The van der Waals surface area contributed by atoms with Crippen molar-refractivity contribution in [3.63, 3.8) is 0 Å². The van der Waals surface area contributed by atoms with Crippen LogP contribution in [-0.2, 0) is 0 Å². The molecule has 3 rings (SSSR count). The fraction of sp³-hybridized carbons (Fsp3) is 0.0714. The summed E-state index contributed by atoms with van der Waals surface area (Å²) < 4.78 is 10.2. The minimum Gasteiger partial charge on any atom is -0.504 e. The zero-order valence-corrected chi connectivity index (χ0v) is 10.4. The molecule has 0 aliphatic rings. The molecule has 0 amide bonds. The molecule has 6 nitrogen and oxygen atoms in total. The van der Waals surface area contributed by atoms with Crippen LogP contribution in [0.25, 0.3) is 21.9 Å². The van der Waals surface area contributed by atoms with Crippen molar-refractivity contribution >= 4 is 21.9 Å². The minimum atomic E-state index is -0.708. The van der Waals surface area contributed by atoms with Gasteiger partial charge in [0.2, 0.25) is 22.7 Å². The lowest BCUT2D eigenvalue weighted by Gasteiger charge is -2.11. The molecule has 0 radical (unpaired) electrons. The standard InChI is InChI=1S/C14H10O6/c1-19-14-11(17)10(16)8-9(15)6-4-2-3-5-7(6)20-13(8)12(14)18/h2-5,16-18H,1H3. The maximum absolute atomic E-state index is 12.3. The summed E-state index contributed by atoms with van der Waals surface area (Å²) in [6.45, 7) is 0. The molecule has 2 aromatic carbocycles. The Morgan fingerprint density at radius 1 is 1.05 bits per heavy atom. The van der Waals surface area contributed by atoms with Crippen LogP contribution in [0.2, 0.25) is 0 Å². The number of hydrogen-bond acceptors (Lipinski definition) is 6. The number of fused-ring (bicyclic) bond motifs is 2. The van der Waals surface area contributed by atoms with Gasteiger partial charge in [-0.15, -0.1) is 0 Å². The Morgan fingerprint density at radius 2 is 1.75 bits per heavy atom. The summed E-state index contributed by atoms with van der Waals surface area (Å²) in [4.78, 5) is 12.3. The fourth-order valence-electron chi connectivity index (χ4n) is 2.16. The van der Waals surface area contributed by atoms with Gasteiger partial charge in [0.25, 0.3) is 0 Å². The molecule has 0 spiro atoms. The van der Waals surface area contributed by atoms with E-state index in [-0.39, 0.29) is 27.7 Å². The molecule has 0 fully saturated rings. The van der Waals surface area contributed by atoms with Crippen LogP contribution in [0.3, 0.4) is 0 Å². The monoisotopic (exact) mass is 274 g/mol. The average Bonchev–Trinajstić information content (AvgIpc) is 2.45. The lowest BCUT2D eigenvalue weighted by Crippen LogP contribution is -2.03. The second-order valence-corrected chi connectivity index (χ2v) is 4.21. The second kappa shape index (κ2) is 4.06. The first-order valence-corrected chi connectivity index (χ1v) is 5.72. The summed E-state index contributed by atoms with van der Waals surface area (Å²) in [5.41, 5.74) is -0.527. The zero-order chi connectivity index (χ0) is 14.4. The quantitative estimate of drug-likeness (QED) is 0.357. The van der Waals surface area contributed by atoms with E-state index in [0.717, 1.165) is 0 Å². The Balaban J connectivity index is 2.66. The van der Waals surface area contributed by atoms with E-state index in [0.29, 0.717) is 0 Å². The highest BCUT2D eigenvalue weighted by Crippen LogP contribution is 2.48. The summed E-state index contributed by atoms with van der Waals surface area (Å²) in [5, 5.41) is 29.6. The Hall–Kier alpha value is -2.89. The predicted octanol–water partition coefficient (Wildman–Crippen LogP) is 2.07. The number of aromatic hydroxyl groups is 3. The van der Waals surface area contributed by atoms with Crippen LogP contribution < -0.4 is 10.2 Å². The van der Waals surface area contributed by atoms with Crippen molar-refractivity contribution in [2.45, 2.75) is 0 Å². The number of para-hydroxylation sites is 1. The van der Waals surface area contributed by atoms with Gasteiger partial charge in [0.15, 0.2) is 11.3 Å². The van der Waals surface area contributed by atoms with Crippen molar-refractivity contribution in [2.75, 3.05) is 7.11 Å². The molecule has 3 N–H and O–H groups in total. The van der Waals surface area contributed by atoms with Gasteiger partial charge in [-0.05, 0) is 12.1 Å². The highest BCUT2D eigenvalue weighted by molar-refractivity contribution is 5.99. The van der Waals surface area contributed by atoms with Gasteiger partial charge in [0.05, 0.1) is 12.5 Å². The van der Waals surface area contributed by atoms with Crippen molar-refractivity contribution < 1.29 is 24.5 Å². The van der Waals surface area contributed by atoms with Gasteiger partial charge in [-0.3, -0.25) is 4.79 Å². The van der Waals surface area contributed by atoms with Gasteiger partial charge in [0.1, 0.15) is 11.0 Å². The van der Waals surface area contributed by atoms with Gasteiger partial charge in [0, 0.05) is 0 Å². The molecule has 6 heteroatoms. The first-order valence-electron chi connectivity index (χ1n) is 5.72. The summed E-state index contributed by atoms with van der Waals surface area (Å²) >= 11 is 0. The van der Waals surface area contributed by atoms with Crippen molar-refractivity contribution in [3.8, 4) is 23.0 Å². The first kappa shape index (κ1) is 12.2. The van der Waals surface area contributed by atoms with Gasteiger partial charge < -0.3 is 24.5 Å². The van der Waals surface area contributed by atoms with E-state index in [4.69, 9.17) is 9.15 Å². The number of ether oxygens (including phenoxy) is 1. The van der Waals surface area contributed by atoms with E-state index >= 15 is 0 Å². The van der Waals surface area contributed by atoms with E-state index in [1.807, 2.05) is 0 Å². The Morgan fingerprint density at radius 3 is 2.45 bits per heavy atom. The third-order valence-electron chi connectivity index (χ3n) is 3.11. The Kier molecular flexibility index (Phi) is 2.47. The number of phenols is 3. The molecular weight excluding hydrogens is 264 g/mol. The zero-order valence-electron chi connectivity index (χ0n) is 10.4. The Bertz CT molecular complexity index is 894. The van der Waals surface area contributed by atoms with Crippen molar-refractivity contribution in [3.05, 3.63) is 34.5 Å². The SMILES string of the molecule is COc1c(O)c(O)c2c(=O)c3ccccc3oc2c1O. The van der Waals surface area contributed by atoms with Crippen molar-refractivity contribution in [1.82, 2.24) is 0 Å². The summed E-state index contributed by atoms with van der Waals surface area (Å²) in [6, 6.07) is 6.40. The normalized spacial score (nSPS) is 11.1. The van der Waals surface area contributed by atoms with E-state index in [2.05, 4.69) is 0 Å². The number of hydrogen-bond donors (Lipinski definition) is 3. The van der Waals surface area contributed by atoms with E-state index in [1.165, 1.54) is 13.2 Å². The fourth-order valence-corrected chi connectivity index (χ4v) is 2.16. The van der Waals surface area contributed by atoms with E-state index in [1.54, 1.807) is 18.2 Å². The lowest BCUT2D eigenvalue weighted by atomic mass is 10.1. The molecule has 1 heterocycles. The van der Waals surface area contributed by atoms with Gasteiger partial charge >= 0.3 is 0 Å². The highest BCUT2D eigenvalue weighted by Gasteiger charge is 2.24. The third kappa shape index (κ3) is 1.41. The van der Waals surface area contributed by atoms with Crippen LogP contribution in [0.4, 0.5) is 0 Å². The maximum Gasteiger partial charge on any atom is 0.210 e. The minimum absolute atomic E-state index is 0.235. The molecule has 0 aliphatic heterocycles. The highest BCUT2D eigenvalue weighted by atomic mass is 16.5. The Labute approximate surface area is 112 Å². The van der Waals surface area contributed by atoms with Crippen LogP contribution in [0.5, 0.6) is 23.0 Å². The molecule has 0 atom stereocenters. The summed E-state index contributed by atoms with van der Waals surface area (Å²) in [5.74, 6) is -2.29. The predicted molar refractivity (Wildman–Crippen MR) is 71.5 cm³/mol. The maximum atomic E-state index is 12.3. The molecular formula is C14H10O6. The molecule has 0 bridgehead atoms. The van der Waals surface area contributed by atoms with Gasteiger partial charge in [-0.2, -0.15) is 0 Å². The molecule has 0 unspecified atom stereocenters. The molecule has 0 saturated carbocycles. The van der Waals surface area contributed by atoms with Crippen LogP contribution in [-0.4, -0.2) is 22.4 Å². The van der Waals surface area contributed by atoms with Crippen LogP contribution in [0.15, 0.2) is 33.5 Å². The molecule has 1 aromatic heterocycles. The van der Waals surface area contributed by atoms with Crippen LogP contribution >= 0.6 is 0 Å². The van der Waals surface area contributed by atoms with E-state index in [9.17, 15) is 20.1 Å². The third-order valence-corrected chi connectivity index (χ3v) is 3.11. The summed E-state index contributed by atoms with van der Waals surface area (Å²) in [6.07, 6.45) is 0. The number of phenolic OH excluding ortho intramolecular Hbond substituents is 3. The van der Waals surface area contributed by atoms with Crippen molar-refractivity contribution in [2.24, 2.45) is 0 Å². The molecule has 0 saturated heterocycles. The van der Waals surface area contributed by atoms with Crippen LogP contribution in [0.1, 0.15) is 0 Å².